The number of methoxy groups -OCH3 is 2. The molecule has 0 amide bonds. The zero-order valence-electron chi connectivity index (χ0n) is 12.1. The minimum Gasteiger partial charge on any atom is -0.497 e. The van der Waals surface area contributed by atoms with Crippen molar-refractivity contribution in [3.05, 3.63) is 46.7 Å². The van der Waals surface area contributed by atoms with Crippen LogP contribution in [-0.2, 0) is 4.74 Å². The van der Waals surface area contributed by atoms with Gasteiger partial charge in [0.05, 0.1) is 20.1 Å². The fraction of sp³-hybridized carbons (Fsp3) is 0.200. The first kappa shape index (κ1) is 15.1. The average molecular weight is 298 g/mol. The smallest absolute Gasteiger partial charge is 0.207 e. The Morgan fingerprint density at radius 3 is 1.77 bits per heavy atom. The molecule has 0 unspecified atom stereocenters. The van der Waals surface area contributed by atoms with E-state index in [0.717, 1.165) is 0 Å². The van der Waals surface area contributed by atoms with Crippen LogP contribution in [-0.4, -0.2) is 14.2 Å². The van der Waals surface area contributed by atoms with Gasteiger partial charge >= 0.3 is 0 Å². The summed E-state index contributed by atoms with van der Waals surface area (Å²) in [5, 5.41) is 18.7. The van der Waals surface area contributed by atoms with E-state index in [1.165, 1.54) is 14.2 Å². The molecule has 1 aliphatic heterocycles. The van der Waals surface area contributed by atoms with Gasteiger partial charge in [0.25, 0.3) is 0 Å². The largest absolute Gasteiger partial charge is 0.497 e. The van der Waals surface area contributed by atoms with Crippen molar-refractivity contribution < 1.29 is 14.2 Å². The van der Waals surface area contributed by atoms with Crippen molar-refractivity contribution in [2.75, 3.05) is 14.2 Å². The standard InChI is InChI=1S/C15H14N4O3/c1-20-9-3-8(4-10(5-9)21-2)13-11(6-16)14(18)22-15(19)12(13)7-17/h3-5,13H,18-19H2,1-2H3. The number of ether oxygens (including phenoxy) is 3. The number of nitrogens with two attached hydrogens (primary N) is 2. The van der Waals surface area contributed by atoms with Crippen molar-refractivity contribution in [2.45, 2.75) is 5.92 Å². The summed E-state index contributed by atoms with van der Waals surface area (Å²) in [7, 11) is 3.01. The molecule has 0 radical (unpaired) electrons. The number of hydrogen-bond acceptors (Lipinski definition) is 7. The Morgan fingerprint density at radius 2 is 1.41 bits per heavy atom. The molecule has 0 fully saturated rings. The zero-order chi connectivity index (χ0) is 16.3. The Bertz CT molecular complexity index is 695. The molecule has 0 saturated carbocycles. The first-order valence-electron chi connectivity index (χ1n) is 6.26. The van der Waals surface area contributed by atoms with Crippen LogP contribution in [0.2, 0.25) is 0 Å². The third-order valence-electron chi connectivity index (χ3n) is 3.28. The minimum atomic E-state index is -0.729. The molecule has 4 N–H and O–H groups in total. The fourth-order valence-corrected chi connectivity index (χ4v) is 2.23. The van der Waals surface area contributed by atoms with E-state index < -0.39 is 5.92 Å². The summed E-state index contributed by atoms with van der Waals surface area (Å²) in [5.74, 6) is 0.0736. The Labute approximate surface area is 127 Å². The number of nitriles is 2. The number of rotatable bonds is 3. The van der Waals surface area contributed by atoms with E-state index in [2.05, 4.69) is 0 Å². The maximum absolute atomic E-state index is 9.34. The van der Waals surface area contributed by atoms with Crippen molar-refractivity contribution in [3.63, 3.8) is 0 Å². The van der Waals surface area contributed by atoms with Crippen molar-refractivity contribution in [2.24, 2.45) is 11.5 Å². The lowest BCUT2D eigenvalue weighted by Crippen LogP contribution is -2.23. The molecule has 22 heavy (non-hydrogen) atoms. The summed E-state index contributed by atoms with van der Waals surface area (Å²) in [4.78, 5) is 0. The van der Waals surface area contributed by atoms with Gasteiger partial charge in [0.15, 0.2) is 0 Å². The number of benzene rings is 1. The van der Waals surface area contributed by atoms with Crippen molar-refractivity contribution in [1.82, 2.24) is 0 Å². The highest BCUT2D eigenvalue weighted by atomic mass is 16.5. The van der Waals surface area contributed by atoms with Gasteiger partial charge in [-0.05, 0) is 17.7 Å². The third-order valence-corrected chi connectivity index (χ3v) is 3.28. The molecule has 1 aliphatic rings. The van der Waals surface area contributed by atoms with Crippen LogP contribution in [0, 0.1) is 22.7 Å². The molecule has 2 rings (SSSR count). The minimum absolute atomic E-state index is 0.112. The van der Waals surface area contributed by atoms with Gasteiger partial charge < -0.3 is 25.7 Å². The van der Waals surface area contributed by atoms with Crippen molar-refractivity contribution >= 4 is 0 Å². The normalized spacial score (nSPS) is 14.9. The van der Waals surface area contributed by atoms with Gasteiger partial charge in [0, 0.05) is 6.07 Å². The molecule has 0 aromatic heterocycles. The van der Waals surface area contributed by atoms with E-state index in [0.29, 0.717) is 17.1 Å². The maximum Gasteiger partial charge on any atom is 0.207 e. The second kappa shape index (κ2) is 5.98. The van der Waals surface area contributed by atoms with Crippen LogP contribution in [0.3, 0.4) is 0 Å². The van der Waals surface area contributed by atoms with E-state index in [1.807, 2.05) is 12.1 Å². The number of hydrogen-bond donors (Lipinski definition) is 2. The lowest BCUT2D eigenvalue weighted by atomic mass is 9.84. The van der Waals surface area contributed by atoms with E-state index >= 15 is 0 Å². The summed E-state index contributed by atoms with van der Waals surface area (Å²) in [6, 6.07) is 9.00. The van der Waals surface area contributed by atoms with Gasteiger partial charge in [0.1, 0.15) is 34.8 Å². The molecule has 7 heteroatoms. The molecule has 112 valence electrons. The predicted molar refractivity (Wildman–Crippen MR) is 77.0 cm³/mol. The van der Waals surface area contributed by atoms with Gasteiger partial charge in [-0.25, -0.2) is 0 Å². The quantitative estimate of drug-likeness (QED) is 0.858. The molecule has 0 spiro atoms. The van der Waals surface area contributed by atoms with Crippen LogP contribution in [0.15, 0.2) is 41.1 Å². The van der Waals surface area contributed by atoms with Crippen LogP contribution in [0.25, 0.3) is 0 Å². The van der Waals surface area contributed by atoms with Gasteiger partial charge in [-0.3, -0.25) is 0 Å². The molecular formula is C15H14N4O3. The van der Waals surface area contributed by atoms with Crippen LogP contribution < -0.4 is 20.9 Å². The molecule has 0 bridgehead atoms. The molecule has 1 aromatic rings. The summed E-state index contributed by atoms with van der Waals surface area (Å²) >= 11 is 0. The lowest BCUT2D eigenvalue weighted by molar-refractivity contribution is 0.277. The van der Waals surface area contributed by atoms with Gasteiger partial charge in [-0.2, -0.15) is 10.5 Å². The molecule has 0 atom stereocenters. The highest BCUT2D eigenvalue weighted by molar-refractivity contribution is 5.55. The molecular weight excluding hydrogens is 284 g/mol. The highest BCUT2D eigenvalue weighted by Gasteiger charge is 2.33. The second-order valence-electron chi connectivity index (χ2n) is 4.46. The molecule has 7 nitrogen and oxygen atoms in total. The van der Waals surface area contributed by atoms with Crippen LogP contribution in [0.4, 0.5) is 0 Å². The first-order chi connectivity index (χ1) is 10.5. The van der Waals surface area contributed by atoms with Crippen molar-refractivity contribution in [1.29, 1.82) is 10.5 Å². The van der Waals surface area contributed by atoms with E-state index in [1.54, 1.807) is 18.2 Å². The summed E-state index contributed by atoms with van der Waals surface area (Å²) in [5.41, 5.74) is 12.2. The number of allylic oxidation sites excluding steroid dienone is 2. The average Bonchev–Trinajstić information content (AvgIpc) is 2.53. The van der Waals surface area contributed by atoms with Gasteiger partial charge in [-0.1, -0.05) is 0 Å². The Hall–Kier alpha value is -3.32. The lowest BCUT2D eigenvalue weighted by Gasteiger charge is -2.24. The molecule has 0 aliphatic carbocycles. The van der Waals surface area contributed by atoms with Crippen LogP contribution >= 0.6 is 0 Å². The summed E-state index contributed by atoms with van der Waals surface area (Å²) in [6.07, 6.45) is 0. The van der Waals surface area contributed by atoms with Crippen LogP contribution in [0.5, 0.6) is 11.5 Å². The summed E-state index contributed by atoms with van der Waals surface area (Å²) < 4.78 is 15.5. The zero-order valence-corrected chi connectivity index (χ0v) is 12.1. The van der Waals surface area contributed by atoms with E-state index in [4.69, 9.17) is 25.7 Å². The Kier molecular flexibility index (Phi) is 4.10. The molecule has 1 heterocycles. The van der Waals surface area contributed by atoms with Crippen LogP contribution in [0.1, 0.15) is 11.5 Å². The second-order valence-corrected chi connectivity index (χ2v) is 4.46. The Balaban J connectivity index is 2.68. The number of nitrogens with zero attached hydrogens (tertiary/aromatic N) is 2. The molecule has 1 aromatic carbocycles. The summed E-state index contributed by atoms with van der Waals surface area (Å²) in [6.45, 7) is 0. The topological polar surface area (TPSA) is 127 Å². The Morgan fingerprint density at radius 1 is 0.955 bits per heavy atom. The van der Waals surface area contributed by atoms with E-state index in [9.17, 15) is 10.5 Å². The molecule has 0 saturated heterocycles. The van der Waals surface area contributed by atoms with Gasteiger partial charge in [-0.15, -0.1) is 0 Å². The van der Waals surface area contributed by atoms with E-state index in [-0.39, 0.29) is 22.9 Å². The SMILES string of the molecule is COc1cc(OC)cc(C2C(C#N)=C(N)OC(N)=C2C#N)c1. The first-order valence-corrected chi connectivity index (χ1v) is 6.26. The van der Waals surface area contributed by atoms with Gasteiger partial charge in [0.2, 0.25) is 11.8 Å². The maximum atomic E-state index is 9.34. The predicted octanol–water partition coefficient (Wildman–Crippen LogP) is 1.21. The van der Waals surface area contributed by atoms with Crippen molar-refractivity contribution in [3.8, 4) is 23.6 Å². The monoisotopic (exact) mass is 298 g/mol. The highest BCUT2D eigenvalue weighted by Crippen LogP contribution is 2.39. The fourth-order valence-electron chi connectivity index (χ4n) is 2.23. The third kappa shape index (κ3) is 2.48.